The van der Waals surface area contributed by atoms with E-state index in [-0.39, 0.29) is 5.54 Å². The average Bonchev–Trinajstić information content (AvgIpc) is 2.82. The Morgan fingerprint density at radius 1 is 1.35 bits per heavy atom. The quantitative estimate of drug-likeness (QED) is 0.864. The number of nitrogens with zero attached hydrogens (tertiary/aromatic N) is 1. The monoisotopic (exact) mass is 230 g/mol. The Morgan fingerprint density at radius 2 is 2.18 bits per heavy atom. The highest BCUT2D eigenvalue weighted by Crippen LogP contribution is 2.24. The van der Waals surface area contributed by atoms with Crippen LogP contribution in [0.2, 0.25) is 0 Å². The highest BCUT2D eigenvalue weighted by atomic mass is 16.3. The first-order valence-electron chi connectivity index (χ1n) is 5.88. The van der Waals surface area contributed by atoms with E-state index >= 15 is 0 Å². The molecule has 0 aliphatic rings. The van der Waals surface area contributed by atoms with Gasteiger partial charge in [-0.3, -0.25) is 0 Å². The van der Waals surface area contributed by atoms with Crippen LogP contribution < -0.4 is 5.32 Å². The van der Waals surface area contributed by atoms with Crippen LogP contribution in [0.3, 0.4) is 0 Å². The summed E-state index contributed by atoms with van der Waals surface area (Å²) in [6.07, 6.45) is 4.25. The minimum absolute atomic E-state index is 0.0973. The molecule has 0 amide bonds. The zero-order valence-electron chi connectivity index (χ0n) is 10.5. The van der Waals surface area contributed by atoms with Gasteiger partial charge in [0.25, 0.3) is 0 Å². The summed E-state index contributed by atoms with van der Waals surface area (Å²) in [6.45, 7) is 6.55. The Kier molecular flexibility index (Phi) is 3.18. The second-order valence-corrected chi connectivity index (χ2v) is 4.81. The topological polar surface area (TPSA) is 38.1 Å². The molecular formula is C14H18N2O. The van der Waals surface area contributed by atoms with Gasteiger partial charge in [0.15, 0.2) is 12.2 Å². The molecule has 2 aromatic rings. The van der Waals surface area contributed by atoms with Crippen LogP contribution in [0.25, 0.3) is 11.3 Å². The van der Waals surface area contributed by atoms with Crippen LogP contribution in [0.1, 0.15) is 27.2 Å². The van der Waals surface area contributed by atoms with Gasteiger partial charge in [0.05, 0.1) is 6.20 Å². The maximum absolute atomic E-state index is 5.29. The minimum atomic E-state index is 0.0973. The van der Waals surface area contributed by atoms with Crippen molar-refractivity contribution in [2.45, 2.75) is 32.7 Å². The van der Waals surface area contributed by atoms with Crippen molar-refractivity contribution < 1.29 is 4.42 Å². The van der Waals surface area contributed by atoms with Crippen molar-refractivity contribution in [2.75, 3.05) is 5.32 Å². The van der Waals surface area contributed by atoms with Gasteiger partial charge in [0.1, 0.15) is 0 Å². The maximum atomic E-state index is 5.29. The first-order valence-corrected chi connectivity index (χ1v) is 5.88. The molecule has 2 rings (SSSR count). The third-order valence-corrected chi connectivity index (χ3v) is 2.95. The summed E-state index contributed by atoms with van der Waals surface area (Å²) in [5, 5.41) is 3.51. The third kappa shape index (κ3) is 2.87. The fraction of sp³-hybridized carbons (Fsp3) is 0.357. The first-order chi connectivity index (χ1) is 8.11. The molecule has 1 aromatic carbocycles. The fourth-order valence-corrected chi connectivity index (χ4v) is 1.59. The molecule has 0 bridgehead atoms. The van der Waals surface area contributed by atoms with Gasteiger partial charge >= 0.3 is 0 Å². The molecular weight excluding hydrogens is 212 g/mol. The SMILES string of the molecule is CCC(C)(C)Nc1cccc(-c2cnco2)c1. The van der Waals surface area contributed by atoms with Crippen molar-refractivity contribution in [1.82, 2.24) is 4.98 Å². The van der Waals surface area contributed by atoms with E-state index in [1.54, 1.807) is 6.20 Å². The number of nitrogens with one attached hydrogen (secondary N) is 1. The lowest BCUT2D eigenvalue weighted by atomic mass is 10.0. The molecule has 0 atom stereocenters. The lowest BCUT2D eigenvalue weighted by Crippen LogP contribution is -2.29. The molecule has 90 valence electrons. The molecule has 1 heterocycles. The molecule has 0 spiro atoms. The van der Waals surface area contributed by atoms with Crippen molar-refractivity contribution in [3.8, 4) is 11.3 Å². The number of aromatic nitrogens is 1. The smallest absolute Gasteiger partial charge is 0.181 e. The van der Waals surface area contributed by atoms with Crippen LogP contribution in [0, 0.1) is 0 Å². The van der Waals surface area contributed by atoms with Crippen LogP contribution in [0.15, 0.2) is 41.3 Å². The largest absolute Gasteiger partial charge is 0.444 e. The van der Waals surface area contributed by atoms with Gasteiger partial charge in [-0.15, -0.1) is 0 Å². The Hall–Kier alpha value is -1.77. The lowest BCUT2D eigenvalue weighted by molar-refractivity contribution is 0.547. The Bertz CT molecular complexity index is 475. The van der Waals surface area contributed by atoms with Crippen LogP contribution in [-0.4, -0.2) is 10.5 Å². The molecule has 1 aromatic heterocycles. The number of rotatable bonds is 4. The summed E-state index contributed by atoms with van der Waals surface area (Å²) in [6, 6.07) is 8.19. The summed E-state index contributed by atoms with van der Waals surface area (Å²) in [7, 11) is 0. The predicted octanol–water partition coefficient (Wildman–Crippen LogP) is 3.94. The van der Waals surface area contributed by atoms with E-state index in [0.717, 1.165) is 23.4 Å². The summed E-state index contributed by atoms with van der Waals surface area (Å²) in [5.74, 6) is 0.794. The maximum Gasteiger partial charge on any atom is 0.181 e. The van der Waals surface area contributed by atoms with Gasteiger partial charge in [0, 0.05) is 16.8 Å². The molecule has 0 unspecified atom stereocenters. The van der Waals surface area contributed by atoms with Gasteiger partial charge in [-0.05, 0) is 32.4 Å². The fourth-order valence-electron chi connectivity index (χ4n) is 1.59. The van der Waals surface area contributed by atoms with E-state index in [1.807, 2.05) is 12.1 Å². The molecule has 0 saturated carbocycles. The summed E-state index contributed by atoms with van der Waals surface area (Å²) in [4.78, 5) is 3.93. The average molecular weight is 230 g/mol. The molecule has 3 nitrogen and oxygen atoms in total. The molecule has 1 N–H and O–H groups in total. The van der Waals surface area contributed by atoms with Gasteiger partial charge in [0.2, 0.25) is 0 Å². The van der Waals surface area contributed by atoms with Gasteiger partial charge in [-0.25, -0.2) is 4.98 Å². The number of anilines is 1. The standard InChI is InChI=1S/C14H18N2O/c1-4-14(2,3)16-12-7-5-6-11(8-12)13-9-15-10-17-13/h5-10,16H,4H2,1-3H3. The van der Waals surface area contributed by atoms with E-state index in [1.165, 1.54) is 6.39 Å². The van der Waals surface area contributed by atoms with Crippen LogP contribution in [-0.2, 0) is 0 Å². The van der Waals surface area contributed by atoms with E-state index in [2.05, 4.69) is 43.2 Å². The van der Waals surface area contributed by atoms with Crippen molar-refractivity contribution in [2.24, 2.45) is 0 Å². The minimum Gasteiger partial charge on any atom is -0.444 e. The van der Waals surface area contributed by atoms with E-state index in [0.29, 0.717) is 0 Å². The first kappa shape index (κ1) is 11.7. The second kappa shape index (κ2) is 4.62. The molecule has 17 heavy (non-hydrogen) atoms. The van der Waals surface area contributed by atoms with Gasteiger partial charge in [-0.1, -0.05) is 19.1 Å². The van der Waals surface area contributed by atoms with Crippen molar-refractivity contribution in [1.29, 1.82) is 0 Å². The Balaban J connectivity index is 2.23. The van der Waals surface area contributed by atoms with Crippen LogP contribution in [0.4, 0.5) is 5.69 Å². The molecule has 0 radical (unpaired) electrons. The lowest BCUT2D eigenvalue weighted by Gasteiger charge is -2.26. The molecule has 0 fully saturated rings. The molecule has 0 aliphatic heterocycles. The molecule has 0 saturated heterocycles. The Labute approximate surface area is 102 Å². The normalized spacial score (nSPS) is 11.5. The number of benzene rings is 1. The second-order valence-electron chi connectivity index (χ2n) is 4.81. The van der Waals surface area contributed by atoms with Crippen molar-refractivity contribution in [3.05, 3.63) is 36.9 Å². The highest BCUT2D eigenvalue weighted by Gasteiger charge is 2.14. The molecule has 0 aliphatic carbocycles. The zero-order valence-corrected chi connectivity index (χ0v) is 10.5. The van der Waals surface area contributed by atoms with E-state index in [9.17, 15) is 0 Å². The van der Waals surface area contributed by atoms with E-state index < -0.39 is 0 Å². The number of oxazole rings is 1. The highest BCUT2D eigenvalue weighted by molar-refractivity contribution is 5.63. The van der Waals surface area contributed by atoms with E-state index in [4.69, 9.17) is 4.42 Å². The van der Waals surface area contributed by atoms with Crippen molar-refractivity contribution >= 4 is 5.69 Å². The Morgan fingerprint density at radius 3 is 2.82 bits per heavy atom. The van der Waals surface area contributed by atoms with Gasteiger partial charge in [-0.2, -0.15) is 0 Å². The predicted molar refractivity (Wildman–Crippen MR) is 69.9 cm³/mol. The third-order valence-electron chi connectivity index (χ3n) is 2.95. The summed E-state index contributed by atoms with van der Waals surface area (Å²) in [5.41, 5.74) is 2.24. The molecule has 3 heteroatoms. The van der Waals surface area contributed by atoms with Gasteiger partial charge < -0.3 is 9.73 Å². The van der Waals surface area contributed by atoms with Crippen LogP contribution in [0.5, 0.6) is 0 Å². The van der Waals surface area contributed by atoms with Crippen LogP contribution >= 0.6 is 0 Å². The zero-order chi connectivity index (χ0) is 12.3. The summed E-state index contributed by atoms with van der Waals surface area (Å²) < 4.78 is 5.29. The van der Waals surface area contributed by atoms with Crippen molar-refractivity contribution in [3.63, 3.8) is 0 Å². The number of hydrogen-bond donors (Lipinski definition) is 1. The summed E-state index contributed by atoms with van der Waals surface area (Å²) >= 11 is 0. The number of hydrogen-bond acceptors (Lipinski definition) is 3.